The molecule has 1 fully saturated rings. The van der Waals surface area contributed by atoms with Gasteiger partial charge in [0.25, 0.3) is 0 Å². The maximum absolute atomic E-state index is 5.16. The van der Waals surface area contributed by atoms with E-state index in [1.807, 2.05) is 0 Å². The van der Waals surface area contributed by atoms with Gasteiger partial charge in [0.15, 0.2) is 0 Å². The molecule has 0 aromatic heterocycles. The number of nitrogens with one attached hydrogen (secondary N) is 2. The van der Waals surface area contributed by atoms with E-state index in [4.69, 9.17) is 4.74 Å². The monoisotopic (exact) mass is 248 g/mol. The fraction of sp³-hybridized carbons (Fsp3) is 0.600. The van der Waals surface area contributed by atoms with Gasteiger partial charge in [-0.05, 0) is 37.4 Å². The molecule has 1 atom stereocenters. The van der Waals surface area contributed by atoms with E-state index in [9.17, 15) is 0 Å². The highest BCUT2D eigenvalue weighted by atomic mass is 16.5. The first-order valence-electron chi connectivity index (χ1n) is 6.94. The van der Waals surface area contributed by atoms with Crippen LogP contribution in [0.25, 0.3) is 0 Å². The highest BCUT2D eigenvalue weighted by molar-refractivity contribution is 5.51. The van der Waals surface area contributed by atoms with Crippen molar-refractivity contribution >= 4 is 5.69 Å². The van der Waals surface area contributed by atoms with Gasteiger partial charge < -0.3 is 15.4 Å². The minimum absolute atomic E-state index is 0.620. The Morgan fingerprint density at radius 1 is 1.33 bits per heavy atom. The van der Waals surface area contributed by atoms with E-state index >= 15 is 0 Å². The standard InChI is InChI=1S/C15H24N2O/c1-18-11-9-13-6-2-3-8-15(13)17-12-14-7-4-5-10-16-14/h2-3,6,8,14,16-17H,4-5,7,9-12H2,1H3. The summed E-state index contributed by atoms with van der Waals surface area (Å²) in [6, 6.07) is 9.14. The largest absolute Gasteiger partial charge is 0.384 e. The molecule has 0 aliphatic carbocycles. The SMILES string of the molecule is COCCc1ccccc1NCC1CCCCN1. The number of piperidine rings is 1. The molecule has 3 nitrogen and oxygen atoms in total. The van der Waals surface area contributed by atoms with E-state index in [-0.39, 0.29) is 0 Å². The Labute approximate surface area is 110 Å². The first-order chi connectivity index (χ1) is 8.90. The summed E-state index contributed by atoms with van der Waals surface area (Å²) in [5, 5.41) is 7.14. The number of para-hydroxylation sites is 1. The number of methoxy groups -OCH3 is 1. The minimum Gasteiger partial charge on any atom is -0.384 e. The lowest BCUT2D eigenvalue weighted by Crippen LogP contribution is -2.39. The van der Waals surface area contributed by atoms with Crippen molar-refractivity contribution in [2.24, 2.45) is 0 Å². The molecule has 1 aliphatic rings. The molecule has 1 heterocycles. The molecular formula is C15H24N2O. The normalized spacial score (nSPS) is 19.7. The summed E-state index contributed by atoms with van der Waals surface area (Å²) in [6.07, 6.45) is 4.93. The molecule has 2 rings (SSSR count). The van der Waals surface area contributed by atoms with Crippen LogP contribution >= 0.6 is 0 Å². The van der Waals surface area contributed by atoms with E-state index in [1.165, 1.54) is 30.5 Å². The second kappa shape index (κ2) is 7.39. The van der Waals surface area contributed by atoms with Crippen LogP contribution in [-0.2, 0) is 11.2 Å². The van der Waals surface area contributed by atoms with Gasteiger partial charge in [0.05, 0.1) is 6.61 Å². The highest BCUT2D eigenvalue weighted by Gasteiger charge is 2.12. The van der Waals surface area contributed by atoms with Crippen LogP contribution in [0.2, 0.25) is 0 Å². The lowest BCUT2D eigenvalue weighted by molar-refractivity contribution is 0.202. The van der Waals surface area contributed by atoms with Crippen LogP contribution in [0.5, 0.6) is 0 Å². The topological polar surface area (TPSA) is 33.3 Å². The van der Waals surface area contributed by atoms with Crippen molar-refractivity contribution in [3.63, 3.8) is 0 Å². The Balaban J connectivity index is 1.87. The van der Waals surface area contributed by atoms with Crippen molar-refractivity contribution in [2.75, 3.05) is 32.1 Å². The van der Waals surface area contributed by atoms with Crippen LogP contribution in [0, 0.1) is 0 Å². The Hall–Kier alpha value is -1.06. The summed E-state index contributed by atoms with van der Waals surface area (Å²) >= 11 is 0. The van der Waals surface area contributed by atoms with Crippen molar-refractivity contribution in [2.45, 2.75) is 31.7 Å². The third-order valence-corrected chi connectivity index (χ3v) is 3.54. The lowest BCUT2D eigenvalue weighted by atomic mass is 10.0. The molecule has 1 aromatic carbocycles. The molecule has 100 valence electrons. The molecular weight excluding hydrogens is 224 g/mol. The van der Waals surface area contributed by atoms with E-state index in [1.54, 1.807) is 7.11 Å². The zero-order valence-electron chi connectivity index (χ0n) is 11.2. The van der Waals surface area contributed by atoms with Crippen LogP contribution in [0.15, 0.2) is 24.3 Å². The van der Waals surface area contributed by atoms with Gasteiger partial charge >= 0.3 is 0 Å². The van der Waals surface area contributed by atoms with Crippen LogP contribution < -0.4 is 10.6 Å². The third kappa shape index (κ3) is 4.00. The van der Waals surface area contributed by atoms with Gasteiger partial charge in [-0.25, -0.2) is 0 Å². The molecule has 2 N–H and O–H groups in total. The highest BCUT2D eigenvalue weighted by Crippen LogP contribution is 2.16. The number of hydrogen-bond acceptors (Lipinski definition) is 3. The zero-order chi connectivity index (χ0) is 12.6. The third-order valence-electron chi connectivity index (χ3n) is 3.54. The smallest absolute Gasteiger partial charge is 0.0503 e. The van der Waals surface area contributed by atoms with Crippen molar-refractivity contribution in [1.82, 2.24) is 5.32 Å². The molecule has 0 spiro atoms. The number of rotatable bonds is 6. The summed E-state index contributed by atoms with van der Waals surface area (Å²) in [4.78, 5) is 0. The molecule has 0 saturated carbocycles. The van der Waals surface area contributed by atoms with Gasteiger partial charge in [-0.15, -0.1) is 0 Å². The molecule has 0 radical (unpaired) electrons. The number of benzene rings is 1. The Morgan fingerprint density at radius 2 is 2.22 bits per heavy atom. The van der Waals surface area contributed by atoms with E-state index < -0.39 is 0 Å². The van der Waals surface area contributed by atoms with E-state index in [0.717, 1.165) is 26.1 Å². The molecule has 1 unspecified atom stereocenters. The maximum atomic E-state index is 5.16. The summed E-state index contributed by atoms with van der Waals surface area (Å²) in [5.74, 6) is 0. The van der Waals surface area contributed by atoms with Crippen LogP contribution in [0.1, 0.15) is 24.8 Å². The van der Waals surface area contributed by atoms with Crippen LogP contribution in [0.3, 0.4) is 0 Å². The van der Waals surface area contributed by atoms with E-state index in [0.29, 0.717) is 6.04 Å². The predicted octanol–water partition coefficient (Wildman–Crippen LogP) is 2.43. The maximum Gasteiger partial charge on any atom is 0.0503 e. The molecule has 1 saturated heterocycles. The lowest BCUT2D eigenvalue weighted by Gasteiger charge is -2.24. The molecule has 0 amide bonds. The summed E-state index contributed by atoms with van der Waals surface area (Å²) < 4.78 is 5.16. The summed E-state index contributed by atoms with van der Waals surface area (Å²) in [7, 11) is 1.75. The number of ether oxygens (including phenoxy) is 1. The average molecular weight is 248 g/mol. The van der Waals surface area contributed by atoms with Crippen LogP contribution in [-0.4, -0.2) is 32.8 Å². The first-order valence-corrected chi connectivity index (χ1v) is 6.94. The Morgan fingerprint density at radius 3 is 3.00 bits per heavy atom. The van der Waals surface area contributed by atoms with Crippen molar-refractivity contribution < 1.29 is 4.74 Å². The zero-order valence-corrected chi connectivity index (χ0v) is 11.2. The van der Waals surface area contributed by atoms with Gasteiger partial charge in [0.1, 0.15) is 0 Å². The quantitative estimate of drug-likeness (QED) is 0.811. The van der Waals surface area contributed by atoms with Crippen molar-refractivity contribution in [3.8, 4) is 0 Å². The van der Waals surface area contributed by atoms with Crippen molar-refractivity contribution in [3.05, 3.63) is 29.8 Å². The summed E-state index contributed by atoms with van der Waals surface area (Å²) in [6.45, 7) is 2.96. The summed E-state index contributed by atoms with van der Waals surface area (Å²) in [5.41, 5.74) is 2.59. The van der Waals surface area contributed by atoms with Gasteiger partial charge in [-0.3, -0.25) is 0 Å². The average Bonchev–Trinajstić information content (AvgIpc) is 2.45. The van der Waals surface area contributed by atoms with Gasteiger partial charge in [0, 0.05) is 25.4 Å². The molecule has 0 bridgehead atoms. The molecule has 18 heavy (non-hydrogen) atoms. The molecule has 3 heteroatoms. The molecule has 1 aliphatic heterocycles. The Kier molecular flexibility index (Phi) is 5.49. The predicted molar refractivity (Wildman–Crippen MR) is 76.2 cm³/mol. The fourth-order valence-electron chi connectivity index (χ4n) is 2.45. The van der Waals surface area contributed by atoms with Crippen LogP contribution in [0.4, 0.5) is 5.69 Å². The second-order valence-electron chi connectivity index (χ2n) is 4.93. The Bertz CT molecular complexity index is 348. The van der Waals surface area contributed by atoms with E-state index in [2.05, 4.69) is 34.9 Å². The number of anilines is 1. The first kappa shape index (κ1) is 13.4. The minimum atomic E-state index is 0.620. The second-order valence-corrected chi connectivity index (χ2v) is 4.93. The van der Waals surface area contributed by atoms with Gasteiger partial charge in [-0.2, -0.15) is 0 Å². The van der Waals surface area contributed by atoms with Crippen molar-refractivity contribution in [1.29, 1.82) is 0 Å². The van der Waals surface area contributed by atoms with Gasteiger partial charge in [0.2, 0.25) is 0 Å². The van der Waals surface area contributed by atoms with Gasteiger partial charge in [-0.1, -0.05) is 24.6 Å². The fourth-order valence-corrected chi connectivity index (χ4v) is 2.45. The number of hydrogen-bond donors (Lipinski definition) is 2. The molecule has 1 aromatic rings.